The van der Waals surface area contributed by atoms with Crippen LogP contribution < -0.4 is 14.4 Å². The highest BCUT2D eigenvalue weighted by molar-refractivity contribution is 8.04. The number of imide groups is 1. The molecule has 3 aromatic rings. The van der Waals surface area contributed by atoms with Crippen molar-refractivity contribution in [3.05, 3.63) is 89.3 Å². The fourth-order valence-electron chi connectivity index (χ4n) is 3.44. The topological polar surface area (TPSA) is 55.8 Å². The minimum atomic E-state index is -0.375. The van der Waals surface area contributed by atoms with Crippen molar-refractivity contribution >= 4 is 34.8 Å². The first kappa shape index (κ1) is 21.7. The molecule has 1 heterocycles. The third kappa shape index (κ3) is 4.27. The van der Waals surface area contributed by atoms with E-state index in [1.807, 2.05) is 61.5 Å². The number of rotatable bonds is 8. The summed E-state index contributed by atoms with van der Waals surface area (Å²) in [5.41, 5.74) is 1.47. The first-order valence-corrected chi connectivity index (χ1v) is 11.2. The predicted molar refractivity (Wildman–Crippen MR) is 127 cm³/mol. The summed E-state index contributed by atoms with van der Waals surface area (Å²) in [6.45, 7) is 2.66. The van der Waals surface area contributed by atoms with Gasteiger partial charge in [0.1, 0.15) is 11.5 Å². The number of hydrogen-bond acceptors (Lipinski definition) is 5. The molecule has 5 nitrogen and oxygen atoms in total. The number of hydrogen-bond donors (Lipinski definition) is 0. The highest BCUT2D eigenvalue weighted by atomic mass is 32.2. The van der Waals surface area contributed by atoms with E-state index >= 15 is 0 Å². The van der Waals surface area contributed by atoms with E-state index in [0.29, 0.717) is 34.1 Å². The Hall–Kier alpha value is -3.51. The predicted octanol–water partition coefficient (Wildman–Crippen LogP) is 5.56. The molecule has 0 bridgehead atoms. The molecule has 0 spiro atoms. The Kier molecular flexibility index (Phi) is 6.61. The minimum Gasteiger partial charge on any atom is -0.495 e. The molecule has 1 aliphatic rings. The Bertz CT molecular complexity index is 1160. The zero-order valence-electron chi connectivity index (χ0n) is 17.9. The fourth-order valence-corrected chi connectivity index (χ4v) is 4.45. The second kappa shape index (κ2) is 9.75. The number of anilines is 1. The van der Waals surface area contributed by atoms with Crippen molar-refractivity contribution in [2.75, 3.05) is 18.6 Å². The van der Waals surface area contributed by atoms with Gasteiger partial charge in [0.05, 0.1) is 29.9 Å². The average molecular weight is 446 g/mol. The summed E-state index contributed by atoms with van der Waals surface area (Å²) >= 11 is 1.29. The van der Waals surface area contributed by atoms with Gasteiger partial charge in [-0.25, -0.2) is 4.90 Å². The lowest BCUT2D eigenvalue weighted by atomic mass is 10.1. The monoisotopic (exact) mass is 445 g/mol. The lowest BCUT2D eigenvalue weighted by molar-refractivity contribution is -0.119. The molecule has 0 atom stereocenters. The summed E-state index contributed by atoms with van der Waals surface area (Å²) in [5, 5.41) is 0. The Labute approximate surface area is 191 Å². The van der Waals surface area contributed by atoms with Gasteiger partial charge in [-0.1, -0.05) is 61.2 Å². The van der Waals surface area contributed by atoms with Gasteiger partial charge in [-0.3, -0.25) is 9.59 Å². The van der Waals surface area contributed by atoms with Crippen LogP contribution in [0.3, 0.4) is 0 Å². The first-order valence-electron chi connectivity index (χ1n) is 10.4. The molecular weight excluding hydrogens is 422 g/mol. The summed E-state index contributed by atoms with van der Waals surface area (Å²) in [6, 6.07) is 23.9. The second-order valence-electron chi connectivity index (χ2n) is 7.11. The molecule has 0 saturated carbocycles. The zero-order valence-corrected chi connectivity index (χ0v) is 18.7. The van der Waals surface area contributed by atoms with Crippen molar-refractivity contribution in [3.63, 3.8) is 0 Å². The Morgan fingerprint density at radius 2 is 1.53 bits per heavy atom. The third-order valence-electron chi connectivity index (χ3n) is 4.95. The van der Waals surface area contributed by atoms with Gasteiger partial charge in [0, 0.05) is 4.90 Å². The highest BCUT2D eigenvalue weighted by Crippen LogP contribution is 2.43. The zero-order chi connectivity index (χ0) is 22.5. The molecule has 0 fully saturated rings. The van der Waals surface area contributed by atoms with Gasteiger partial charge < -0.3 is 9.47 Å². The number of ether oxygens (including phenoxy) is 2. The van der Waals surface area contributed by atoms with Gasteiger partial charge in [-0.2, -0.15) is 0 Å². The number of benzene rings is 3. The van der Waals surface area contributed by atoms with Gasteiger partial charge in [0.15, 0.2) is 0 Å². The molecule has 0 N–H and O–H groups in total. The minimum absolute atomic E-state index is 0.366. The summed E-state index contributed by atoms with van der Waals surface area (Å²) in [6.07, 6.45) is 0.908. The Morgan fingerprint density at radius 3 is 2.22 bits per heavy atom. The van der Waals surface area contributed by atoms with Crippen molar-refractivity contribution in [2.45, 2.75) is 18.2 Å². The van der Waals surface area contributed by atoms with Crippen LogP contribution in [0.5, 0.6) is 11.5 Å². The number of para-hydroxylation sites is 2. The maximum atomic E-state index is 13.6. The van der Waals surface area contributed by atoms with Crippen molar-refractivity contribution < 1.29 is 19.1 Å². The lowest BCUT2D eigenvalue weighted by Crippen LogP contribution is -2.31. The number of carbonyl (C=O) groups is 2. The molecule has 1 aliphatic heterocycles. The van der Waals surface area contributed by atoms with E-state index in [0.717, 1.165) is 17.1 Å². The van der Waals surface area contributed by atoms with E-state index in [1.54, 1.807) is 24.3 Å². The second-order valence-corrected chi connectivity index (χ2v) is 8.19. The van der Waals surface area contributed by atoms with E-state index in [4.69, 9.17) is 9.47 Å². The first-order chi connectivity index (χ1) is 15.6. The van der Waals surface area contributed by atoms with Crippen LogP contribution in [0.2, 0.25) is 0 Å². The quantitative estimate of drug-likeness (QED) is 0.425. The Balaban J connectivity index is 1.78. The molecule has 0 aliphatic carbocycles. The molecule has 0 aromatic heterocycles. The summed E-state index contributed by atoms with van der Waals surface area (Å²) in [5.74, 6) is 0.449. The van der Waals surface area contributed by atoms with Crippen LogP contribution in [-0.2, 0) is 9.59 Å². The largest absolute Gasteiger partial charge is 0.495 e. The van der Waals surface area contributed by atoms with Crippen LogP contribution in [0.4, 0.5) is 5.69 Å². The molecule has 2 amide bonds. The normalized spacial score (nSPS) is 13.6. The summed E-state index contributed by atoms with van der Waals surface area (Å²) in [7, 11) is 1.52. The van der Waals surface area contributed by atoms with E-state index in [-0.39, 0.29) is 11.8 Å². The van der Waals surface area contributed by atoms with Crippen LogP contribution in [0, 0.1) is 0 Å². The van der Waals surface area contributed by atoms with Crippen LogP contribution >= 0.6 is 11.8 Å². The van der Waals surface area contributed by atoms with E-state index in [1.165, 1.54) is 23.8 Å². The SMILES string of the molecule is CCCOc1ccc(C2=C(Sc3ccccc3)C(=O)N(c3ccccc3OC)C2=O)cc1. The van der Waals surface area contributed by atoms with Crippen LogP contribution in [0.25, 0.3) is 5.57 Å². The summed E-state index contributed by atoms with van der Waals surface area (Å²) < 4.78 is 11.1. The number of thioether (sulfide) groups is 1. The van der Waals surface area contributed by atoms with Gasteiger partial charge in [-0.05, 0) is 48.4 Å². The maximum absolute atomic E-state index is 13.6. The van der Waals surface area contributed by atoms with Crippen molar-refractivity contribution in [1.29, 1.82) is 0 Å². The third-order valence-corrected chi connectivity index (χ3v) is 6.04. The van der Waals surface area contributed by atoms with Crippen LogP contribution in [0.15, 0.2) is 88.7 Å². The molecule has 4 rings (SSSR count). The molecule has 162 valence electrons. The van der Waals surface area contributed by atoms with Gasteiger partial charge in [0.25, 0.3) is 11.8 Å². The Morgan fingerprint density at radius 1 is 0.844 bits per heavy atom. The van der Waals surface area contributed by atoms with E-state index < -0.39 is 0 Å². The van der Waals surface area contributed by atoms with Gasteiger partial charge in [0.2, 0.25) is 0 Å². The fraction of sp³-hybridized carbons (Fsp3) is 0.154. The molecule has 3 aromatic carbocycles. The van der Waals surface area contributed by atoms with E-state index in [2.05, 4.69) is 0 Å². The molecule has 0 unspecified atom stereocenters. The number of methoxy groups -OCH3 is 1. The number of nitrogens with zero attached hydrogens (tertiary/aromatic N) is 1. The standard InChI is InChI=1S/C26H23NO4S/c1-3-17-31-19-15-13-18(14-16-19)23-24(32-20-9-5-4-6-10-20)26(29)27(25(23)28)21-11-7-8-12-22(21)30-2/h4-16H,3,17H2,1-2H3. The number of carbonyl (C=O) groups excluding carboxylic acids is 2. The van der Waals surface area contributed by atoms with Crippen LogP contribution in [-0.4, -0.2) is 25.5 Å². The molecular formula is C26H23NO4S. The molecule has 0 radical (unpaired) electrons. The highest BCUT2D eigenvalue weighted by Gasteiger charge is 2.41. The maximum Gasteiger partial charge on any atom is 0.273 e. The van der Waals surface area contributed by atoms with Crippen molar-refractivity contribution in [1.82, 2.24) is 0 Å². The van der Waals surface area contributed by atoms with Gasteiger partial charge in [-0.15, -0.1) is 0 Å². The molecule has 6 heteroatoms. The van der Waals surface area contributed by atoms with Crippen molar-refractivity contribution in [2.24, 2.45) is 0 Å². The average Bonchev–Trinajstić information content (AvgIpc) is 3.07. The molecule has 32 heavy (non-hydrogen) atoms. The van der Waals surface area contributed by atoms with Gasteiger partial charge >= 0.3 is 0 Å². The van der Waals surface area contributed by atoms with Crippen molar-refractivity contribution in [3.8, 4) is 11.5 Å². The molecule has 0 saturated heterocycles. The summed E-state index contributed by atoms with van der Waals surface area (Å²) in [4.78, 5) is 29.6. The lowest BCUT2D eigenvalue weighted by Gasteiger charge is -2.18. The van der Waals surface area contributed by atoms with E-state index in [9.17, 15) is 9.59 Å². The number of amides is 2. The van der Waals surface area contributed by atoms with Crippen LogP contribution in [0.1, 0.15) is 18.9 Å². The smallest absolute Gasteiger partial charge is 0.273 e.